The number of hydrogen-bond acceptors (Lipinski definition) is 3. The van der Waals surface area contributed by atoms with Crippen molar-refractivity contribution in [3.63, 3.8) is 0 Å². The standard InChI is InChI=1S/C15H13ClN2O2/c1-20-14-4-3-12(10-13(14)16)18-15(19)5-2-11-6-8-17-9-7-11/h2-10H,1H3,(H,18,19)/b5-2+. The van der Waals surface area contributed by atoms with Gasteiger partial charge in [0.25, 0.3) is 0 Å². The van der Waals surface area contributed by atoms with E-state index in [1.807, 2.05) is 12.1 Å². The van der Waals surface area contributed by atoms with Crippen molar-refractivity contribution in [2.75, 3.05) is 12.4 Å². The van der Waals surface area contributed by atoms with Gasteiger partial charge in [-0.3, -0.25) is 9.78 Å². The van der Waals surface area contributed by atoms with Crippen molar-refractivity contribution in [1.29, 1.82) is 0 Å². The molecule has 2 aromatic rings. The molecule has 0 saturated carbocycles. The third-order valence-electron chi connectivity index (χ3n) is 2.55. The minimum Gasteiger partial charge on any atom is -0.495 e. The molecule has 4 nitrogen and oxygen atoms in total. The SMILES string of the molecule is COc1ccc(NC(=O)/C=C/c2ccncc2)cc1Cl. The van der Waals surface area contributed by atoms with Gasteiger partial charge in [-0.15, -0.1) is 0 Å². The molecule has 0 saturated heterocycles. The molecule has 1 heterocycles. The lowest BCUT2D eigenvalue weighted by atomic mass is 10.2. The predicted octanol–water partition coefficient (Wildman–Crippen LogP) is 3.40. The lowest BCUT2D eigenvalue weighted by Crippen LogP contribution is -2.07. The second-order valence-corrected chi connectivity index (χ2v) is 4.36. The third kappa shape index (κ3) is 3.83. The number of amides is 1. The Morgan fingerprint density at radius 2 is 2.05 bits per heavy atom. The van der Waals surface area contributed by atoms with Crippen LogP contribution in [0.25, 0.3) is 6.08 Å². The fourth-order valence-electron chi connectivity index (χ4n) is 1.57. The number of aromatic nitrogens is 1. The first-order valence-corrected chi connectivity index (χ1v) is 6.29. The van der Waals surface area contributed by atoms with E-state index in [0.29, 0.717) is 16.5 Å². The minimum atomic E-state index is -0.233. The van der Waals surface area contributed by atoms with Crippen LogP contribution in [-0.4, -0.2) is 18.0 Å². The molecule has 0 unspecified atom stereocenters. The van der Waals surface area contributed by atoms with E-state index in [9.17, 15) is 4.79 Å². The molecule has 0 radical (unpaired) electrons. The Balaban J connectivity index is 2.01. The van der Waals surface area contributed by atoms with E-state index in [1.165, 1.54) is 13.2 Å². The molecule has 0 fully saturated rings. The number of rotatable bonds is 4. The van der Waals surface area contributed by atoms with Crippen LogP contribution in [-0.2, 0) is 4.79 Å². The van der Waals surface area contributed by atoms with Crippen LogP contribution >= 0.6 is 11.6 Å². The molecule has 0 atom stereocenters. The number of benzene rings is 1. The second-order valence-electron chi connectivity index (χ2n) is 3.95. The molecule has 20 heavy (non-hydrogen) atoms. The van der Waals surface area contributed by atoms with Crippen molar-refractivity contribution in [1.82, 2.24) is 4.98 Å². The van der Waals surface area contributed by atoms with Crippen LogP contribution in [0.1, 0.15) is 5.56 Å². The molecule has 1 aromatic heterocycles. The van der Waals surface area contributed by atoms with Crippen LogP contribution in [0.3, 0.4) is 0 Å². The van der Waals surface area contributed by atoms with Gasteiger partial charge in [0.2, 0.25) is 5.91 Å². The lowest BCUT2D eigenvalue weighted by molar-refractivity contribution is -0.111. The lowest BCUT2D eigenvalue weighted by Gasteiger charge is -2.06. The summed E-state index contributed by atoms with van der Waals surface area (Å²) in [4.78, 5) is 15.7. The van der Waals surface area contributed by atoms with Gasteiger partial charge in [-0.2, -0.15) is 0 Å². The number of nitrogens with zero attached hydrogens (tertiary/aromatic N) is 1. The van der Waals surface area contributed by atoms with Crippen LogP contribution in [0, 0.1) is 0 Å². The van der Waals surface area contributed by atoms with Crippen molar-refractivity contribution in [2.24, 2.45) is 0 Å². The van der Waals surface area contributed by atoms with E-state index in [-0.39, 0.29) is 5.91 Å². The zero-order valence-corrected chi connectivity index (χ0v) is 11.6. The molecule has 5 heteroatoms. The van der Waals surface area contributed by atoms with Gasteiger partial charge < -0.3 is 10.1 Å². The zero-order chi connectivity index (χ0) is 14.4. The van der Waals surface area contributed by atoms with Gasteiger partial charge in [0, 0.05) is 24.2 Å². The number of pyridine rings is 1. The second kappa shape index (κ2) is 6.73. The zero-order valence-electron chi connectivity index (χ0n) is 10.8. The predicted molar refractivity (Wildman–Crippen MR) is 79.9 cm³/mol. The fourth-order valence-corrected chi connectivity index (χ4v) is 1.83. The molecule has 0 aliphatic carbocycles. The Morgan fingerprint density at radius 1 is 1.30 bits per heavy atom. The first-order valence-electron chi connectivity index (χ1n) is 5.91. The average molecular weight is 289 g/mol. The quantitative estimate of drug-likeness (QED) is 0.877. The van der Waals surface area contributed by atoms with Crippen LogP contribution in [0.4, 0.5) is 5.69 Å². The maximum Gasteiger partial charge on any atom is 0.248 e. The molecular formula is C15H13ClN2O2. The van der Waals surface area contributed by atoms with Crippen molar-refractivity contribution in [2.45, 2.75) is 0 Å². The van der Waals surface area contributed by atoms with Crippen LogP contribution in [0.5, 0.6) is 5.75 Å². The fraction of sp³-hybridized carbons (Fsp3) is 0.0667. The highest BCUT2D eigenvalue weighted by Gasteiger charge is 2.03. The largest absolute Gasteiger partial charge is 0.495 e. The summed E-state index contributed by atoms with van der Waals surface area (Å²) in [5.41, 5.74) is 1.52. The molecule has 1 aromatic carbocycles. The number of halogens is 1. The third-order valence-corrected chi connectivity index (χ3v) is 2.85. The minimum absolute atomic E-state index is 0.233. The van der Waals surface area contributed by atoms with Crippen molar-refractivity contribution < 1.29 is 9.53 Å². The Hall–Kier alpha value is -2.33. The highest BCUT2D eigenvalue weighted by Crippen LogP contribution is 2.27. The van der Waals surface area contributed by atoms with E-state index in [0.717, 1.165) is 5.56 Å². The van der Waals surface area contributed by atoms with E-state index in [2.05, 4.69) is 10.3 Å². The van der Waals surface area contributed by atoms with E-state index < -0.39 is 0 Å². The first kappa shape index (κ1) is 14.1. The van der Waals surface area contributed by atoms with E-state index >= 15 is 0 Å². The van der Waals surface area contributed by atoms with Crippen molar-refractivity contribution in [3.05, 3.63) is 59.4 Å². The van der Waals surface area contributed by atoms with Gasteiger partial charge in [0.15, 0.2) is 0 Å². The number of anilines is 1. The van der Waals surface area contributed by atoms with Gasteiger partial charge >= 0.3 is 0 Å². The summed E-state index contributed by atoms with van der Waals surface area (Å²) in [6.45, 7) is 0. The smallest absolute Gasteiger partial charge is 0.248 e. The number of methoxy groups -OCH3 is 1. The van der Waals surface area contributed by atoms with Crippen LogP contribution in [0.2, 0.25) is 5.02 Å². The Labute approximate surface area is 122 Å². The summed E-state index contributed by atoms with van der Waals surface area (Å²) in [5, 5.41) is 3.17. The first-order chi connectivity index (χ1) is 9.69. The molecule has 0 bridgehead atoms. The van der Waals surface area contributed by atoms with Gasteiger partial charge in [-0.25, -0.2) is 0 Å². The summed E-state index contributed by atoms with van der Waals surface area (Å²) >= 11 is 5.98. The Bertz CT molecular complexity index is 627. The molecule has 0 aliphatic rings. The van der Waals surface area contributed by atoms with E-state index in [4.69, 9.17) is 16.3 Å². The highest BCUT2D eigenvalue weighted by molar-refractivity contribution is 6.32. The van der Waals surface area contributed by atoms with E-state index in [1.54, 1.807) is 36.7 Å². The Kier molecular flexibility index (Phi) is 4.74. The maximum atomic E-state index is 11.8. The normalized spacial score (nSPS) is 10.5. The number of carbonyl (C=O) groups is 1. The molecule has 0 aliphatic heterocycles. The summed E-state index contributed by atoms with van der Waals surface area (Å²) in [5.74, 6) is 0.333. The monoisotopic (exact) mass is 288 g/mol. The van der Waals surface area contributed by atoms with Gasteiger partial charge in [-0.1, -0.05) is 11.6 Å². The average Bonchev–Trinajstić information content (AvgIpc) is 2.46. The number of carbonyl (C=O) groups excluding carboxylic acids is 1. The number of nitrogens with one attached hydrogen (secondary N) is 1. The van der Waals surface area contributed by atoms with Gasteiger partial charge in [0.1, 0.15) is 5.75 Å². The van der Waals surface area contributed by atoms with Crippen LogP contribution in [0.15, 0.2) is 48.8 Å². The molecule has 0 spiro atoms. The molecule has 1 N–H and O–H groups in total. The molecule has 2 rings (SSSR count). The maximum absolute atomic E-state index is 11.8. The molecular weight excluding hydrogens is 276 g/mol. The number of ether oxygens (including phenoxy) is 1. The Morgan fingerprint density at radius 3 is 2.70 bits per heavy atom. The summed E-state index contributed by atoms with van der Waals surface area (Å²) in [6, 6.07) is 8.69. The molecule has 1 amide bonds. The van der Waals surface area contributed by atoms with Crippen molar-refractivity contribution in [3.8, 4) is 5.75 Å². The topological polar surface area (TPSA) is 51.2 Å². The highest BCUT2D eigenvalue weighted by atomic mass is 35.5. The van der Waals surface area contributed by atoms with Gasteiger partial charge in [0.05, 0.1) is 12.1 Å². The molecule has 102 valence electrons. The van der Waals surface area contributed by atoms with Gasteiger partial charge in [-0.05, 0) is 42.0 Å². The summed E-state index contributed by atoms with van der Waals surface area (Å²) in [6.07, 6.45) is 6.50. The summed E-state index contributed by atoms with van der Waals surface area (Å²) < 4.78 is 5.05. The number of hydrogen-bond donors (Lipinski definition) is 1. The van der Waals surface area contributed by atoms with Crippen molar-refractivity contribution >= 4 is 29.3 Å². The summed E-state index contributed by atoms with van der Waals surface area (Å²) in [7, 11) is 1.54. The van der Waals surface area contributed by atoms with Crippen LogP contribution < -0.4 is 10.1 Å².